The minimum Gasteiger partial charge on any atom is -0.506 e. The highest BCUT2D eigenvalue weighted by molar-refractivity contribution is 6.33. The Kier molecular flexibility index (Phi) is 2.83. The lowest BCUT2D eigenvalue weighted by Gasteiger charge is -2.09. The van der Waals surface area contributed by atoms with E-state index in [1.807, 2.05) is 24.3 Å². The lowest BCUT2D eigenvalue weighted by molar-refractivity contribution is 0.475. The van der Waals surface area contributed by atoms with Gasteiger partial charge in [0.25, 0.3) is 0 Å². The molecule has 0 amide bonds. The van der Waals surface area contributed by atoms with Gasteiger partial charge < -0.3 is 5.11 Å². The summed E-state index contributed by atoms with van der Waals surface area (Å²) in [5, 5.41) is 12.4. The Morgan fingerprint density at radius 2 is 2.00 bits per heavy atom. The van der Waals surface area contributed by atoms with Crippen molar-refractivity contribution in [2.24, 2.45) is 0 Å². The van der Waals surface area contributed by atoms with Crippen LogP contribution in [0, 0.1) is 0 Å². The molecule has 2 aromatic carbocycles. The molecule has 2 aromatic rings. The van der Waals surface area contributed by atoms with Crippen molar-refractivity contribution >= 4 is 22.4 Å². The minimum absolute atomic E-state index is 0.179. The van der Waals surface area contributed by atoms with Crippen molar-refractivity contribution in [2.75, 3.05) is 0 Å². The zero-order valence-electron chi connectivity index (χ0n) is 8.63. The number of phenolic OH excluding ortho intramolecular Hbond substituents is 1. The highest BCUT2D eigenvalue weighted by Crippen LogP contribution is 2.34. The number of rotatable bonds is 2. The molecule has 0 bridgehead atoms. The fourth-order valence-electron chi connectivity index (χ4n) is 1.88. The number of hydrogen-bond donors (Lipinski definition) is 1. The number of aryl methyl sites for hydroxylation is 1. The van der Waals surface area contributed by atoms with Crippen LogP contribution in [-0.2, 0) is 6.42 Å². The Balaban J connectivity index is 2.77. The van der Waals surface area contributed by atoms with E-state index in [1.165, 1.54) is 0 Å². The molecular weight excluding hydrogens is 208 g/mol. The summed E-state index contributed by atoms with van der Waals surface area (Å²) in [6.07, 6.45) is 1.92. The van der Waals surface area contributed by atoms with Crippen LogP contribution in [0.3, 0.4) is 0 Å². The second kappa shape index (κ2) is 4.11. The second-order valence-corrected chi connectivity index (χ2v) is 4.04. The smallest absolute Gasteiger partial charge is 0.135 e. The molecule has 2 heteroatoms. The molecule has 0 radical (unpaired) electrons. The van der Waals surface area contributed by atoms with Gasteiger partial charge in [0.1, 0.15) is 5.75 Å². The molecule has 0 aliphatic carbocycles. The maximum atomic E-state index is 9.69. The zero-order valence-corrected chi connectivity index (χ0v) is 9.38. The maximum Gasteiger partial charge on any atom is 0.135 e. The molecule has 0 spiro atoms. The Bertz CT molecular complexity index is 491. The summed E-state index contributed by atoms with van der Waals surface area (Å²) in [6.45, 7) is 2.11. The van der Waals surface area contributed by atoms with E-state index in [2.05, 4.69) is 6.92 Å². The summed E-state index contributed by atoms with van der Waals surface area (Å²) in [6, 6.07) is 9.72. The third-order valence-corrected chi connectivity index (χ3v) is 2.99. The van der Waals surface area contributed by atoms with Crippen molar-refractivity contribution in [2.45, 2.75) is 19.8 Å². The van der Waals surface area contributed by atoms with Gasteiger partial charge in [0.2, 0.25) is 0 Å². The molecule has 0 saturated carbocycles. The molecular formula is C13H13ClO. The number of fused-ring (bicyclic) bond motifs is 1. The summed E-state index contributed by atoms with van der Waals surface area (Å²) < 4.78 is 0. The molecule has 0 heterocycles. The number of benzene rings is 2. The first-order valence-electron chi connectivity index (χ1n) is 5.13. The summed E-state index contributed by atoms with van der Waals surface area (Å²) in [5.41, 5.74) is 1.05. The van der Waals surface area contributed by atoms with Gasteiger partial charge in [-0.3, -0.25) is 0 Å². The third kappa shape index (κ3) is 1.80. The quantitative estimate of drug-likeness (QED) is 0.806. The SMILES string of the molecule is CCCc1c(Cl)c(O)cc2ccccc12. The van der Waals surface area contributed by atoms with E-state index in [-0.39, 0.29) is 5.75 Å². The average molecular weight is 221 g/mol. The number of aromatic hydroxyl groups is 1. The first-order chi connectivity index (χ1) is 7.24. The van der Waals surface area contributed by atoms with Crippen molar-refractivity contribution in [3.8, 4) is 5.75 Å². The highest BCUT2D eigenvalue weighted by Gasteiger charge is 2.09. The van der Waals surface area contributed by atoms with Crippen LogP contribution in [0.1, 0.15) is 18.9 Å². The number of halogens is 1. The van der Waals surface area contributed by atoms with E-state index in [1.54, 1.807) is 6.07 Å². The van der Waals surface area contributed by atoms with Crippen LogP contribution >= 0.6 is 11.6 Å². The lowest BCUT2D eigenvalue weighted by Crippen LogP contribution is -1.88. The Hall–Kier alpha value is -1.21. The fraction of sp³-hybridized carbons (Fsp3) is 0.231. The molecule has 0 aliphatic heterocycles. The molecule has 0 unspecified atom stereocenters. The molecule has 0 aromatic heterocycles. The van der Waals surface area contributed by atoms with E-state index in [0.717, 1.165) is 29.2 Å². The van der Waals surface area contributed by atoms with Gasteiger partial charge >= 0.3 is 0 Å². The summed E-state index contributed by atoms with van der Waals surface area (Å²) >= 11 is 6.10. The highest BCUT2D eigenvalue weighted by atomic mass is 35.5. The van der Waals surface area contributed by atoms with E-state index in [4.69, 9.17) is 11.6 Å². The Labute approximate surface area is 94.3 Å². The zero-order chi connectivity index (χ0) is 10.8. The van der Waals surface area contributed by atoms with Crippen LogP contribution in [0.15, 0.2) is 30.3 Å². The van der Waals surface area contributed by atoms with E-state index in [9.17, 15) is 5.11 Å². The average Bonchev–Trinajstić information content (AvgIpc) is 2.25. The topological polar surface area (TPSA) is 20.2 Å². The first-order valence-corrected chi connectivity index (χ1v) is 5.51. The molecule has 15 heavy (non-hydrogen) atoms. The van der Waals surface area contributed by atoms with Crippen LogP contribution < -0.4 is 0 Å². The van der Waals surface area contributed by atoms with Gasteiger partial charge in [-0.2, -0.15) is 0 Å². The minimum atomic E-state index is 0.179. The predicted molar refractivity (Wildman–Crippen MR) is 64.6 cm³/mol. The predicted octanol–water partition coefficient (Wildman–Crippen LogP) is 4.15. The van der Waals surface area contributed by atoms with Gasteiger partial charge in [0.15, 0.2) is 0 Å². The largest absolute Gasteiger partial charge is 0.506 e. The Morgan fingerprint density at radius 3 is 2.73 bits per heavy atom. The van der Waals surface area contributed by atoms with Crippen LogP contribution in [0.25, 0.3) is 10.8 Å². The van der Waals surface area contributed by atoms with E-state index in [0.29, 0.717) is 5.02 Å². The molecule has 78 valence electrons. The summed E-state index contributed by atoms with van der Waals surface area (Å²) in [7, 11) is 0. The van der Waals surface area contributed by atoms with E-state index < -0.39 is 0 Å². The van der Waals surface area contributed by atoms with Crippen LogP contribution in [0.4, 0.5) is 0 Å². The molecule has 1 N–H and O–H groups in total. The van der Waals surface area contributed by atoms with Gasteiger partial charge in [-0.25, -0.2) is 0 Å². The van der Waals surface area contributed by atoms with Crippen molar-refractivity contribution in [1.82, 2.24) is 0 Å². The molecule has 1 nitrogen and oxygen atoms in total. The van der Waals surface area contributed by atoms with Crippen LogP contribution in [0.5, 0.6) is 5.75 Å². The molecule has 0 fully saturated rings. The van der Waals surface area contributed by atoms with Gasteiger partial charge in [-0.15, -0.1) is 0 Å². The Morgan fingerprint density at radius 1 is 1.27 bits per heavy atom. The standard InChI is InChI=1S/C13H13ClO/c1-2-5-11-10-7-4-3-6-9(10)8-12(15)13(11)14/h3-4,6-8,15H,2,5H2,1H3. The lowest BCUT2D eigenvalue weighted by atomic mass is 10.0. The maximum absolute atomic E-state index is 9.69. The normalized spacial score (nSPS) is 10.8. The number of hydrogen-bond acceptors (Lipinski definition) is 1. The monoisotopic (exact) mass is 220 g/mol. The van der Waals surface area contributed by atoms with Gasteiger partial charge in [0.05, 0.1) is 5.02 Å². The van der Waals surface area contributed by atoms with Crippen molar-refractivity contribution in [3.05, 3.63) is 40.9 Å². The van der Waals surface area contributed by atoms with Crippen molar-refractivity contribution in [3.63, 3.8) is 0 Å². The van der Waals surface area contributed by atoms with Crippen LogP contribution in [0.2, 0.25) is 5.02 Å². The van der Waals surface area contributed by atoms with Crippen molar-refractivity contribution < 1.29 is 5.11 Å². The van der Waals surface area contributed by atoms with Crippen molar-refractivity contribution in [1.29, 1.82) is 0 Å². The van der Waals surface area contributed by atoms with Gasteiger partial charge in [-0.05, 0) is 28.8 Å². The summed E-state index contributed by atoms with van der Waals surface area (Å²) in [4.78, 5) is 0. The van der Waals surface area contributed by atoms with Gasteiger partial charge in [-0.1, -0.05) is 49.2 Å². The molecule has 0 atom stereocenters. The number of phenols is 1. The van der Waals surface area contributed by atoms with Gasteiger partial charge in [0, 0.05) is 0 Å². The summed E-state index contributed by atoms with van der Waals surface area (Å²) in [5.74, 6) is 0.179. The van der Waals surface area contributed by atoms with Crippen LogP contribution in [-0.4, -0.2) is 5.11 Å². The fourth-order valence-corrected chi connectivity index (χ4v) is 2.13. The second-order valence-electron chi connectivity index (χ2n) is 3.66. The molecule has 2 rings (SSSR count). The third-order valence-electron chi connectivity index (χ3n) is 2.57. The molecule has 0 saturated heterocycles. The van der Waals surface area contributed by atoms with E-state index >= 15 is 0 Å². The first kappa shape index (κ1) is 10.3. The molecule has 0 aliphatic rings.